The highest BCUT2D eigenvalue weighted by Gasteiger charge is 2.24. The number of fused-ring (bicyclic) bond motifs is 2. The molecule has 0 aliphatic heterocycles. The summed E-state index contributed by atoms with van der Waals surface area (Å²) in [6.07, 6.45) is 4.58. The number of para-hydroxylation sites is 1. The molecule has 0 spiro atoms. The molecular weight excluding hydrogens is 466 g/mol. The average Bonchev–Trinajstić information content (AvgIpc) is 2.88. The third-order valence-corrected chi connectivity index (χ3v) is 7.09. The minimum absolute atomic E-state index is 0.0728. The number of hydrogen-bond acceptors (Lipinski definition) is 7. The summed E-state index contributed by atoms with van der Waals surface area (Å²) >= 11 is 0. The van der Waals surface area contributed by atoms with Crippen molar-refractivity contribution in [2.24, 2.45) is 0 Å². The maximum atomic E-state index is 12.9. The van der Waals surface area contributed by atoms with E-state index in [1.807, 2.05) is 61.5 Å². The largest absolute Gasteiger partial charge is 0.423 e. The van der Waals surface area contributed by atoms with Crippen LogP contribution >= 0.6 is 0 Å². The Morgan fingerprint density at radius 2 is 1.76 bits per heavy atom. The van der Waals surface area contributed by atoms with Crippen molar-refractivity contribution in [1.29, 1.82) is 0 Å². The molecule has 8 heteroatoms. The quantitative estimate of drug-likeness (QED) is 0.363. The first kappa shape index (κ1) is 24.7. The van der Waals surface area contributed by atoms with E-state index in [2.05, 4.69) is 17.6 Å². The molecule has 2 heterocycles. The Balaban J connectivity index is 1.20. The molecule has 0 atom stereocenters. The van der Waals surface area contributed by atoms with Crippen molar-refractivity contribution in [2.75, 3.05) is 24.3 Å². The summed E-state index contributed by atoms with van der Waals surface area (Å²) in [6.45, 7) is 2.05. The summed E-state index contributed by atoms with van der Waals surface area (Å²) in [5.41, 5.74) is 2.82. The molecule has 5 rings (SSSR count). The SMILES string of the molecule is CCc1ccc2c(CC(=O)N[C@H]3CC[C@@H](Nc4nc(N(C)C)c5ccccc5n4)CC3)cc(=O)oc2c1. The second-order valence-electron chi connectivity index (χ2n) is 9.99. The van der Waals surface area contributed by atoms with Crippen LogP contribution in [0.5, 0.6) is 0 Å². The lowest BCUT2D eigenvalue weighted by Gasteiger charge is -2.30. The molecule has 8 nitrogen and oxygen atoms in total. The Morgan fingerprint density at radius 1 is 1.00 bits per heavy atom. The molecule has 2 aromatic heterocycles. The topological polar surface area (TPSA) is 100 Å². The molecule has 1 aliphatic carbocycles. The van der Waals surface area contributed by atoms with Crippen LogP contribution in [-0.4, -0.2) is 42.1 Å². The van der Waals surface area contributed by atoms with E-state index in [0.717, 1.165) is 59.8 Å². The highest BCUT2D eigenvalue weighted by Crippen LogP contribution is 2.26. The predicted octanol–water partition coefficient (Wildman–Crippen LogP) is 4.45. The number of hydrogen-bond donors (Lipinski definition) is 2. The van der Waals surface area contributed by atoms with Crippen LogP contribution in [0.15, 0.2) is 57.7 Å². The van der Waals surface area contributed by atoms with E-state index in [9.17, 15) is 9.59 Å². The van der Waals surface area contributed by atoms with Crippen LogP contribution in [0.25, 0.3) is 21.9 Å². The zero-order valence-corrected chi connectivity index (χ0v) is 21.6. The first-order valence-electron chi connectivity index (χ1n) is 12.9. The molecule has 0 radical (unpaired) electrons. The van der Waals surface area contributed by atoms with E-state index in [1.165, 1.54) is 6.07 Å². The van der Waals surface area contributed by atoms with Gasteiger partial charge in [0.1, 0.15) is 11.4 Å². The lowest BCUT2D eigenvalue weighted by atomic mass is 9.91. The predicted molar refractivity (Wildman–Crippen MR) is 147 cm³/mol. The van der Waals surface area contributed by atoms with E-state index in [0.29, 0.717) is 17.1 Å². The molecule has 0 unspecified atom stereocenters. The van der Waals surface area contributed by atoms with E-state index in [4.69, 9.17) is 14.4 Å². The molecule has 0 bridgehead atoms. The van der Waals surface area contributed by atoms with E-state index in [-0.39, 0.29) is 24.4 Å². The van der Waals surface area contributed by atoms with Gasteiger partial charge in [-0.25, -0.2) is 9.78 Å². The van der Waals surface area contributed by atoms with Gasteiger partial charge in [-0.1, -0.05) is 31.2 Å². The molecule has 1 saturated carbocycles. The maximum Gasteiger partial charge on any atom is 0.336 e. The highest BCUT2D eigenvalue weighted by atomic mass is 16.4. The van der Waals surface area contributed by atoms with Crippen molar-refractivity contribution in [3.05, 3.63) is 70.1 Å². The third kappa shape index (κ3) is 5.58. The number of aromatic nitrogens is 2. The Labute approximate surface area is 216 Å². The smallest absolute Gasteiger partial charge is 0.336 e. The minimum atomic E-state index is -0.427. The molecule has 2 aromatic carbocycles. The first-order chi connectivity index (χ1) is 17.9. The fourth-order valence-corrected chi connectivity index (χ4v) is 5.12. The van der Waals surface area contributed by atoms with Gasteiger partial charge in [0.05, 0.1) is 11.9 Å². The molecule has 1 fully saturated rings. The lowest BCUT2D eigenvalue weighted by molar-refractivity contribution is -0.121. The van der Waals surface area contributed by atoms with Crippen LogP contribution in [0.3, 0.4) is 0 Å². The van der Waals surface area contributed by atoms with Crippen LogP contribution in [0.4, 0.5) is 11.8 Å². The van der Waals surface area contributed by atoms with Gasteiger partial charge in [-0.2, -0.15) is 4.98 Å². The number of rotatable bonds is 7. The van der Waals surface area contributed by atoms with Gasteiger partial charge in [-0.05, 0) is 61.4 Å². The summed E-state index contributed by atoms with van der Waals surface area (Å²) in [6, 6.07) is 15.6. The van der Waals surface area contributed by atoms with Crippen molar-refractivity contribution < 1.29 is 9.21 Å². The van der Waals surface area contributed by atoms with E-state index in [1.54, 1.807) is 0 Å². The van der Waals surface area contributed by atoms with Crippen LogP contribution in [0.2, 0.25) is 0 Å². The van der Waals surface area contributed by atoms with Crippen LogP contribution < -0.4 is 21.2 Å². The van der Waals surface area contributed by atoms with Crippen molar-refractivity contribution >= 4 is 39.5 Å². The number of nitrogens with one attached hydrogen (secondary N) is 2. The van der Waals surface area contributed by atoms with Gasteiger partial charge >= 0.3 is 5.63 Å². The Kier molecular flexibility index (Phi) is 7.08. The normalized spacial score (nSPS) is 17.6. The van der Waals surface area contributed by atoms with Gasteiger partial charge in [-0.3, -0.25) is 4.79 Å². The Bertz CT molecular complexity index is 1490. The molecule has 4 aromatic rings. The number of benzene rings is 2. The first-order valence-corrected chi connectivity index (χ1v) is 12.9. The number of carbonyl (C=O) groups excluding carboxylic acids is 1. The standard InChI is InChI=1S/C29H33N5O3/c1-4-18-9-14-22-19(17-27(36)37-25(22)15-18)16-26(35)30-20-10-12-21(13-11-20)31-29-32-24-8-6-5-7-23(24)28(33-29)34(2)3/h5-9,14-15,17,20-21H,4,10-13,16H2,1-3H3,(H,30,35)(H,31,32,33)/t20-,21+. The number of nitrogens with zero attached hydrogens (tertiary/aromatic N) is 3. The Hall–Kier alpha value is -3.94. The summed E-state index contributed by atoms with van der Waals surface area (Å²) < 4.78 is 5.37. The van der Waals surface area contributed by atoms with Gasteiger partial charge in [0.25, 0.3) is 0 Å². The molecule has 37 heavy (non-hydrogen) atoms. The van der Waals surface area contributed by atoms with Crippen molar-refractivity contribution in [3.8, 4) is 0 Å². The van der Waals surface area contributed by atoms with Crippen LogP contribution in [0, 0.1) is 0 Å². The fourth-order valence-electron chi connectivity index (χ4n) is 5.12. The van der Waals surface area contributed by atoms with Crippen LogP contribution in [0.1, 0.15) is 43.7 Å². The summed E-state index contributed by atoms with van der Waals surface area (Å²) in [7, 11) is 3.97. The molecule has 1 aliphatic rings. The van der Waals surface area contributed by atoms with E-state index < -0.39 is 5.63 Å². The van der Waals surface area contributed by atoms with E-state index >= 15 is 0 Å². The van der Waals surface area contributed by atoms with Gasteiger partial charge in [-0.15, -0.1) is 0 Å². The lowest BCUT2D eigenvalue weighted by Crippen LogP contribution is -2.41. The molecule has 0 saturated heterocycles. The van der Waals surface area contributed by atoms with Crippen molar-refractivity contribution in [1.82, 2.24) is 15.3 Å². The van der Waals surface area contributed by atoms with Gasteiger partial charge in [0, 0.05) is 43.0 Å². The fraction of sp³-hybridized carbons (Fsp3) is 0.379. The third-order valence-electron chi connectivity index (χ3n) is 7.09. The van der Waals surface area contributed by atoms with Crippen molar-refractivity contribution in [2.45, 2.75) is 57.5 Å². The number of carbonyl (C=O) groups is 1. The zero-order valence-electron chi connectivity index (χ0n) is 21.6. The average molecular weight is 500 g/mol. The zero-order chi connectivity index (χ0) is 25.9. The second kappa shape index (κ2) is 10.6. The summed E-state index contributed by atoms with van der Waals surface area (Å²) in [5, 5.41) is 8.52. The number of anilines is 2. The molecule has 192 valence electrons. The summed E-state index contributed by atoms with van der Waals surface area (Å²) in [5.74, 6) is 1.45. The molecular formula is C29H33N5O3. The number of aryl methyl sites for hydroxylation is 1. The van der Waals surface area contributed by atoms with Gasteiger partial charge in [0.15, 0.2) is 0 Å². The molecule has 1 amide bonds. The van der Waals surface area contributed by atoms with Crippen molar-refractivity contribution in [3.63, 3.8) is 0 Å². The van der Waals surface area contributed by atoms with Crippen LogP contribution in [-0.2, 0) is 17.6 Å². The molecule has 2 N–H and O–H groups in total. The number of amides is 1. The highest BCUT2D eigenvalue weighted by molar-refractivity contribution is 5.90. The minimum Gasteiger partial charge on any atom is -0.423 e. The summed E-state index contributed by atoms with van der Waals surface area (Å²) in [4.78, 5) is 36.4. The van der Waals surface area contributed by atoms with Gasteiger partial charge in [0.2, 0.25) is 11.9 Å². The monoisotopic (exact) mass is 499 g/mol. The second-order valence-corrected chi connectivity index (χ2v) is 9.99. The van der Waals surface area contributed by atoms with Gasteiger partial charge < -0.3 is 20.0 Å². The maximum absolute atomic E-state index is 12.9. The Morgan fingerprint density at radius 3 is 2.51 bits per heavy atom.